The minimum Gasteiger partial charge on any atom is -0.381 e. The van der Waals surface area contributed by atoms with Crippen LogP contribution in [0, 0.1) is 5.82 Å². The van der Waals surface area contributed by atoms with E-state index in [1.54, 1.807) is 0 Å². The Morgan fingerprint density at radius 3 is 2.62 bits per heavy atom. The number of hydrogen-bond donors (Lipinski definition) is 1. The number of nitrogens with zero attached hydrogens (tertiary/aromatic N) is 2. The molecule has 0 aliphatic rings. The van der Waals surface area contributed by atoms with E-state index >= 15 is 0 Å². The van der Waals surface area contributed by atoms with Crippen molar-refractivity contribution in [1.82, 2.24) is 9.97 Å². The molecular formula is C11H18FN3O. The average Bonchev–Trinajstić information content (AvgIpc) is 2.30. The van der Waals surface area contributed by atoms with E-state index in [1.165, 1.54) is 0 Å². The van der Waals surface area contributed by atoms with Crippen molar-refractivity contribution in [1.29, 1.82) is 0 Å². The zero-order valence-electron chi connectivity index (χ0n) is 9.58. The van der Waals surface area contributed by atoms with Gasteiger partial charge < -0.3 is 10.1 Å². The number of nitrogens with one attached hydrogen (secondary N) is 1. The van der Waals surface area contributed by atoms with Gasteiger partial charge in [0.15, 0.2) is 5.82 Å². The highest BCUT2D eigenvalue weighted by atomic mass is 19.1. The van der Waals surface area contributed by atoms with Crippen molar-refractivity contribution in [3.63, 3.8) is 0 Å². The summed E-state index contributed by atoms with van der Waals surface area (Å²) in [6.07, 6.45) is 5.45. The van der Waals surface area contributed by atoms with Crippen LogP contribution in [0.15, 0.2) is 12.4 Å². The van der Waals surface area contributed by atoms with Crippen LogP contribution >= 0.6 is 0 Å². The maximum Gasteiger partial charge on any atom is 0.222 e. The summed E-state index contributed by atoms with van der Waals surface area (Å²) < 4.78 is 17.9. The zero-order valence-corrected chi connectivity index (χ0v) is 9.58. The van der Waals surface area contributed by atoms with Crippen molar-refractivity contribution in [3.8, 4) is 0 Å². The fourth-order valence-corrected chi connectivity index (χ4v) is 1.13. The van der Waals surface area contributed by atoms with Crippen LogP contribution in [0.3, 0.4) is 0 Å². The molecule has 0 radical (unpaired) electrons. The zero-order chi connectivity index (χ0) is 11.6. The molecule has 0 aliphatic heterocycles. The van der Waals surface area contributed by atoms with Crippen LogP contribution in [-0.4, -0.2) is 29.7 Å². The van der Waals surface area contributed by atoms with Crippen LogP contribution in [0.2, 0.25) is 0 Å². The van der Waals surface area contributed by atoms with Crippen LogP contribution in [-0.2, 0) is 4.74 Å². The van der Waals surface area contributed by atoms with Crippen LogP contribution in [0.1, 0.15) is 26.2 Å². The Kier molecular flexibility index (Phi) is 6.41. The van der Waals surface area contributed by atoms with Gasteiger partial charge in [0, 0.05) is 19.8 Å². The van der Waals surface area contributed by atoms with Crippen LogP contribution in [0.4, 0.5) is 10.3 Å². The molecule has 0 amide bonds. The summed E-state index contributed by atoms with van der Waals surface area (Å²) in [5.41, 5.74) is 0. The van der Waals surface area contributed by atoms with Gasteiger partial charge >= 0.3 is 0 Å². The van der Waals surface area contributed by atoms with Gasteiger partial charge in [0.2, 0.25) is 5.95 Å². The molecule has 16 heavy (non-hydrogen) atoms. The van der Waals surface area contributed by atoms with Gasteiger partial charge in [0.1, 0.15) is 0 Å². The fourth-order valence-electron chi connectivity index (χ4n) is 1.13. The first-order valence-corrected chi connectivity index (χ1v) is 5.62. The van der Waals surface area contributed by atoms with E-state index in [-0.39, 0.29) is 0 Å². The van der Waals surface area contributed by atoms with E-state index in [0.717, 1.165) is 51.4 Å². The Labute approximate surface area is 95.3 Å². The van der Waals surface area contributed by atoms with Crippen LogP contribution in [0.5, 0.6) is 0 Å². The SMILES string of the molecule is CCCCOCCCNc1ncc(F)cn1. The second-order valence-corrected chi connectivity index (χ2v) is 3.47. The van der Waals surface area contributed by atoms with Gasteiger partial charge in [-0.3, -0.25) is 0 Å². The molecular weight excluding hydrogens is 209 g/mol. The van der Waals surface area contributed by atoms with Crippen molar-refractivity contribution in [3.05, 3.63) is 18.2 Å². The molecule has 1 rings (SSSR count). The van der Waals surface area contributed by atoms with Crippen LogP contribution < -0.4 is 5.32 Å². The minimum absolute atomic E-state index is 0.423. The summed E-state index contributed by atoms with van der Waals surface area (Å²) in [4.78, 5) is 7.57. The lowest BCUT2D eigenvalue weighted by Crippen LogP contribution is -2.08. The van der Waals surface area contributed by atoms with Gasteiger partial charge in [-0.25, -0.2) is 14.4 Å². The third-order valence-corrected chi connectivity index (χ3v) is 2.01. The van der Waals surface area contributed by atoms with Gasteiger partial charge in [-0.05, 0) is 12.8 Å². The number of rotatable bonds is 8. The molecule has 1 N–H and O–H groups in total. The smallest absolute Gasteiger partial charge is 0.222 e. The quantitative estimate of drug-likeness (QED) is 0.692. The van der Waals surface area contributed by atoms with E-state index in [0.29, 0.717) is 5.95 Å². The largest absolute Gasteiger partial charge is 0.381 e. The first-order chi connectivity index (χ1) is 7.83. The molecule has 1 heterocycles. The van der Waals surface area contributed by atoms with Gasteiger partial charge in [-0.1, -0.05) is 13.3 Å². The maximum absolute atomic E-state index is 12.5. The number of aromatic nitrogens is 2. The summed E-state index contributed by atoms with van der Waals surface area (Å²) in [5, 5.41) is 2.99. The summed E-state index contributed by atoms with van der Waals surface area (Å²) in [7, 11) is 0. The first-order valence-electron chi connectivity index (χ1n) is 5.62. The third kappa shape index (κ3) is 5.60. The summed E-state index contributed by atoms with van der Waals surface area (Å²) in [6, 6.07) is 0. The summed E-state index contributed by atoms with van der Waals surface area (Å²) in [5.74, 6) is 0.0309. The van der Waals surface area contributed by atoms with Gasteiger partial charge in [-0.2, -0.15) is 0 Å². The van der Waals surface area contributed by atoms with Crippen LogP contribution in [0.25, 0.3) is 0 Å². The Morgan fingerprint density at radius 1 is 1.25 bits per heavy atom. The Balaban J connectivity index is 2.01. The molecule has 0 bridgehead atoms. The molecule has 1 aromatic rings. The van der Waals surface area contributed by atoms with E-state index in [2.05, 4.69) is 22.2 Å². The van der Waals surface area contributed by atoms with E-state index in [9.17, 15) is 4.39 Å². The molecule has 0 aliphatic carbocycles. The Morgan fingerprint density at radius 2 is 1.94 bits per heavy atom. The van der Waals surface area contributed by atoms with Crippen molar-refractivity contribution in [2.75, 3.05) is 25.1 Å². The number of unbranched alkanes of at least 4 members (excludes halogenated alkanes) is 1. The Bertz CT molecular complexity index is 279. The number of anilines is 1. The van der Waals surface area contributed by atoms with Crippen molar-refractivity contribution >= 4 is 5.95 Å². The standard InChI is InChI=1S/C11H18FN3O/c1-2-3-6-16-7-4-5-13-11-14-8-10(12)9-15-11/h8-9H,2-7H2,1H3,(H,13,14,15). The highest BCUT2D eigenvalue weighted by Crippen LogP contribution is 1.98. The predicted octanol–water partition coefficient (Wildman–Crippen LogP) is 2.23. The molecule has 0 unspecified atom stereocenters. The lowest BCUT2D eigenvalue weighted by molar-refractivity contribution is 0.131. The summed E-state index contributed by atoms with van der Waals surface area (Å²) in [6.45, 7) is 4.42. The molecule has 0 spiro atoms. The van der Waals surface area contributed by atoms with Crippen molar-refractivity contribution in [2.24, 2.45) is 0 Å². The molecule has 1 aromatic heterocycles. The van der Waals surface area contributed by atoms with Crippen molar-refractivity contribution in [2.45, 2.75) is 26.2 Å². The number of halogens is 1. The van der Waals surface area contributed by atoms with Gasteiger partial charge in [0.05, 0.1) is 12.4 Å². The highest BCUT2D eigenvalue weighted by Gasteiger charge is 1.95. The van der Waals surface area contributed by atoms with E-state index in [4.69, 9.17) is 4.74 Å². The predicted molar refractivity (Wildman–Crippen MR) is 60.8 cm³/mol. The minimum atomic E-state index is -0.423. The average molecular weight is 227 g/mol. The fraction of sp³-hybridized carbons (Fsp3) is 0.636. The molecule has 0 saturated carbocycles. The van der Waals surface area contributed by atoms with Crippen molar-refractivity contribution < 1.29 is 9.13 Å². The molecule has 0 saturated heterocycles. The molecule has 0 fully saturated rings. The maximum atomic E-state index is 12.5. The summed E-state index contributed by atoms with van der Waals surface area (Å²) >= 11 is 0. The molecule has 5 heteroatoms. The van der Waals surface area contributed by atoms with E-state index in [1.807, 2.05) is 0 Å². The number of hydrogen-bond acceptors (Lipinski definition) is 4. The third-order valence-electron chi connectivity index (χ3n) is 2.01. The second-order valence-electron chi connectivity index (χ2n) is 3.47. The molecule has 90 valence electrons. The second kappa shape index (κ2) is 7.98. The normalized spacial score (nSPS) is 10.4. The van der Waals surface area contributed by atoms with Gasteiger partial charge in [0.25, 0.3) is 0 Å². The molecule has 0 atom stereocenters. The number of ether oxygens (including phenoxy) is 1. The lowest BCUT2D eigenvalue weighted by Gasteiger charge is -2.05. The lowest BCUT2D eigenvalue weighted by atomic mass is 10.4. The Hall–Kier alpha value is -1.23. The van der Waals surface area contributed by atoms with Gasteiger partial charge in [-0.15, -0.1) is 0 Å². The van der Waals surface area contributed by atoms with E-state index < -0.39 is 5.82 Å². The molecule has 0 aromatic carbocycles. The molecule has 4 nitrogen and oxygen atoms in total. The first kappa shape index (κ1) is 12.8. The highest BCUT2D eigenvalue weighted by molar-refractivity contribution is 5.21. The monoisotopic (exact) mass is 227 g/mol. The topological polar surface area (TPSA) is 47.0 Å².